The summed E-state index contributed by atoms with van der Waals surface area (Å²) in [6.07, 6.45) is 6.82. The van der Waals surface area contributed by atoms with Crippen LogP contribution in [0.25, 0.3) is 10.9 Å². The van der Waals surface area contributed by atoms with Gasteiger partial charge in [-0.1, -0.05) is 6.92 Å². The van der Waals surface area contributed by atoms with Gasteiger partial charge >= 0.3 is 0 Å². The second kappa shape index (κ2) is 9.19. The molecule has 172 valence electrons. The Balaban J connectivity index is 1.15. The molecule has 3 aliphatic rings. The number of hydrogen-bond donors (Lipinski definition) is 3. The third-order valence-corrected chi connectivity index (χ3v) is 7.55. The maximum absolute atomic E-state index is 12.3. The molecule has 3 fully saturated rings. The first-order chi connectivity index (χ1) is 15.6. The minimum Gasteiger partial charge on any atom is -0.371 e. The molecule has 0 spiro atoms. The third kappa shape index (κ3) is 4.26. The molecular formula is C24H35N7O. The van der Waals surface area contributed by atoms with Crippen molar-refractivity contribution < 1.29 is 4.79 Å². The van der Waals surface area contributed by atoms with E-state index in [1.165, 1.54) is 5.69 Å². The molecule has 0 bridgehead atoms. The predicted molar refractivity (Wildman–Crippen MR) is 128 cm³/mol. The Bertz CT molecular complexity index is 959. The van der Waals surface area contributed by atoms with Gasteiger partial charge in [-0.3, -0.25) is 14.7 Å². The van der Waals surface area contributed by atoms with Crippen LogP contribution < -0.4 is 20.9 Å². The van der Waals surface area contributed by atoms with Crippen LogP contribution in [0.3, 0.4) is 0 Å². The standard InChI is InChI=1S/C24H35N7O/c1-3-17-12-20-21(29-24(17)32)10-16(13-27-20)15-30-6-8-31(9-7-30)19-11-18-4-5-26-23(25-2)22(18)28-14-19/h4-5,11,14,16-17,20-21,27H,3,6-10,12-13,15H2,1-2H3,(H,25,26)(H,29,32). The van der Waals surface area contributed by atoms with Gasteiger partial charge in [-0.2, -0.15) is 0 Å². The van der Waals surface area contributed by atoms with E-state index < -0.39 is 0 Å². The van der Waals surface area contributed by atoms with E-state index in [4.69, 9.17) is 0 Å². The van der Waals surface area contributed by atoms with Gasteiger partial charge in [0.2, 0.25) is 5.91 Å². The number of fused-ring (bicyclic) bond motifs is 2. The van der Waals surface area contributed by atoms with Crippen molar-refractivity contribution in [1.82, 2.24) is 25.5 Å². The summed E-state index contributed by atoms with van der Waals surface area (Å²) in [5, 5.41) is 11.3. The Morgan fingerprint density at radius 1 is 1.16 bits per heavy atom. The summed E-state index contributed by atoms with van der Waals surface area (Å²) < 4.78 is 0. The molecule has 5 rings (SSSR count). The quantitative estimate of drug-likeness (QED) is 0.656. The zero-order valence-corrected chi connectivity index (χ0v) is 19.2. The maximum atomic E-state index is 12.3. The van der Waals surface area contributed by atoms with Crippen molar-refractivity contribution in [2.24, 2.45) is 11.8 Å². The topological polar surface area (TPSA) is 85.4 Å². The van der Waals surface area contributed by atoms with Crippen molar-refractivity contribution in [2.45, 2.75) is 38.3 Å². The van der Waals surface area contributed by atoms with Crippen LogP contribution in [0.4, 0.5) is 11.5 Å². The van der Waals surface area contributed by atoms with Crippen LogP contribution >= 0.6 is 0 Å². The Kier molecular flexibility index (Phi) is 6.15. The highest BCUT2D eigenvalue weighted by Crippen LogP contribution is 2.28. The van der Waals surface area contributed by atoms with Gasteiger partial charge in [0, 0.05) is 69.4 Å². The molecule has 0 aliphatic carbocycles. The first-order valence-electron chi connectivity index (χ1n) is 12.1. The number of hydrogen-bond acceptors (Lipinski definition) is 7. The average Bonchev–Trinajstić information content (AvgIpc) is 2.83. The summed E-state index contributed by atoms with van der Waals surface area (Å²) in [5.41, 5.74) is 2.10. The summed E-state index contributed by atoms with van der Waals surface area (Å²) in [6, 6.07) is 5.00. The van der Waals surface area contributed by atoms with Gasteiger partial charge in [0.15, 0.2) is 5.82 Å². The van der Waals surface area contributed by atoms with Gasteiger partial charge in [-0.15, -0.1) is 0 Å². The number of aromatic nitrogens is 2. The summed E-state index contributed by atoms with van der Waals surface area (Å²) in [4.78, 5) is 26.3. The number of anilines is 2. The van der Waals surface area contributed by atoms with Gasteiger partial charge < -0.3 is 20.9 Å². The number of nitrogens with zero attached hydrogens (tertiary/aromatic N) is 4. The highest BCUT2D eigenvalue weighted by atomic mass is 16.2. The third-order valence-electron chi connectivity index (χ3n) is 7.55. The molecule has 32 heavy (non-hydrogen) atoms. The van der Waals surface area contributed by atoms with Gasteiger partial charge in [-0.05, 0) is 43.9 Å². The lowest BCUT2D eigenvalue weighted by Gasteiger charge is -2.44. The molecule has 0 saturated carbocycles. The van der Waals surface area contributed by atoms with Crippen LogP contribution in [0, 0.1) is 11.8 Å². The Labute approximate surface area is 190 Å². The Morgan fingerprint density at radius 2 is 2.00 bits per heavy atom. The van der Waals surface area contributed by atoms with E-state index in [0.29, 0.717) is 18.0 Å². The van der Waals surface area contributed by atoms with E-state index >= 15 is 0 Å². The maximum Gasteiger partial charge on any atom is 0.223 e. The van der Waals surface area contributed by atoms with E-state index in [-0.39, 0.29) is 11.8 Å². The molecule has 2 aromatic heterocycles. The van der Waals surface area contributed by atoms with Crippen molar-refractivity contribution in [1.29, 1.82) is 0 Å². The first-order valence-corrected chi connectivity index (χ1v) is 12.1. The minimum atomic E-state index is 0.180. The first kappa shape index (κ1) is 21.4. The molecule has 2 aromatic rings. The number of carbonyl (C=O) groups excluding carboxylic acids is 1. The largest absolute Gasteiger partial charge is 0.371 e. The van der Waals surface area contributed by atoms with E-state index in [2.05, 4.69) is 48.7 Å². The van der Waals surface area contributed by atoms with Crippen molar-refractivity contribution in [2.75, 3.05) is 56.5 Å². The number of pyridine rings is 2. The van der Waals surface area contributed by atoms with E-state index in [1.54, 1.807) is 0 Å². The number of piperazine rings is 1. The lowest BCUT2D eigenvalue weighted by Crippen LogP contribution is -2.62. The molecule has 4 unspecified atom stereocenters. The van der Waals surface area contributed by atoms with E-state index in [1.807, 2.05) is 25.5 Å². The van der Waals surface area contributed by atoms with Crippen LogP contribution in [0.15, 0.2) is 24.5 Å². The smallest absolute Gasteiger partial charge is 0.223 e. The van der Waals surface area contributed by atoms with E-state index in [0.717, 1.165) is 75.3 Å². The van der Waals surface area contributed by atoms with E-state index in [9.17, 15) is 4.79 Å². The monoisotopic (exact) mass is 437 g/mol. The van der Waals surface area contributed by atoms with Crippen LogP contribution in [0.2, 0.25) is 0 Å². The zero-order valence-electron chi connectivity index (χ0n) is 19.2. The molecule has 4 atom stereocenters. The minimum absolute atomic E-state index is 0.180. The summed E-state index contributed by atoms with van der Waals surface area (Å²) in [7, 11) is 1.88. The number of rotatable bonds is 5. The molecule has 3 saturated heterocycles. The fraction of sp³-hybridized carbons (Fsp3) is 0.625. The van der Waals surface area contributed by atoms with Crippen LogP contribution in [0.5, 0.6) is 0 Å². The van der Waals surface area contributed by atoms with Gasteiger partial charge in [0.05, 0.1) is 11.9 Å². The van der Waals surface area contributed by atoms with Crippen LogP contribution in [0.1, 0.15) is 26.2 Å². The number of piperidine rings is 2. The zero-order chi connectivity index (χ0) is 22.1. The average molecular weight is 438 g/mol. The normalized spacial score (nSPS) is 28.9. The molecule has 0 radical (unpaired) electrons. The molecule has 0 aromatic carbocycles. The van der Waals surface area contributed by atoms with Crippen LogP contribution in [-0.4, -0.2) is 79.2 Å². The highest BCUT2D eigenvalue weighted by Gasteiger charge is 2.39. The molecule has 5 heterocycles. The van der Waals surface area contributed by atoms with Crippen molar-refractivity contribution in [3.8, 4) is 0 Å². The van der Waals surface area contributed by atoms with Gasteiger partial charge in [-0.25, -0.2) is 4.98 Å². The fourth-order valence-corrected chi connectivity index (χ4v) is 5.64. The van der Waals surface area contributed by atoms with Crippen molar-refractivity contribution in [3.63, 3.8) is 0 Å². The van der Waals surface area contributed by atoms with Crippen molar-refractivity contribution in [3.05, 3.63) is 24.5 Å². The van der Waals surface area contributed by atoms with Crippen molar-refractivity contribution >= 4 is 28.3 Å². The van der Waals surface area contributed by atoms with Crippen LogP contribution in [-0.2, 0) is 4.79 Å². The molecule has 3 N–H and O–H groups in total. The second-order valence-electron chi connectivity index (χ2n) is 9.53. The Hall–Kier alpha value is -2.45. The summed E-state index contributed by atoms with van der Waals surface area (Å²) in [6.45, 7) is 8.42. The van der Waals surface area contributed by atoms with Gasteiger partial charge in [0.1, 0.15) is 5.52 Å². The predicted octanol–water partition coefficient (Wildman–Crippen LogP) is 1.69. The molecule has 1 amide bonds. The number of carbonyl (C=O) groups is 1. The lowest BCUT2D eigenvalue weighted by atomic mass is 9.80. The molecule has 8 nitrogen and oxygen atoms in total. The highest BCUT2D eigenvalue weighted by molar-refractivity contribution is 5.89. The second-order valence-corrected chi connectivity index (χ2v) is 9.53. The van der Waals surface area contributed by atoms with Gasteiger partial charge in [0.25, 0.3) is 0 Å². The SMILES string of the molecule is CCC1CC2NCC(CN3CCN(c4cnc5c(NC)nccc5c4)CC3)CC2NC1=O. The molecule has 3 aliphatic heterocycles. The molecule has 8 heteroatoms. The number of nitrogens with one attached hydrogen (secondary N) is 3. The number of amides is 1. The fourth-order valence-electron chi connectivity index (χ4n) is 5.64. The summed E-state index contributed by atoms with van der Waals surface area (Å²) >= 11 is 0. The Morgan fingerprint density at radius 3 is 2.78 bits per heavy atom. The molecular weight excluding hydrogens is 402 g/mol. The summed E-state index contributed by atoms with van der Waals surface area (Å²) in [5.74, 6) is 1.85. The lowest BCUT2D eigenvalue weighted by molar-refractivity contribution is -0.129.